The van der Waals surface area contributed by atoms with Crippen LogP contribution in [0.4, 0.5) is 0 Å². The first kappa shape index (κ1) is 12.6. The molecule has 16 heavy (non-hydrogen) atoms. The first-order chi connectivity index (χ1) is 7.24. The lowest BCUT2D eigenvalue weighted by molar-refractivity contribution is 0.598. The summed E-state index contributed by atoms with van der Waals surface area (Å²) in [5.74, 6) is 0. The Morgan fingerprint density at radius 1 is 1.12 bits per heavy atom. The maximum atomic E-state index is 11.4. The van der Waals surface area contributed by atoms with Crippen molar-refractivity contribution in [3.8, 4) is 6.07 Å². The third-order valence-corrected chi connectivity index (χ3v) is 4.25. The SMILES string of the molecule is CS(=O)(=O)[N-]S(=O)(=O)c1ccc(C#N)cc1. The highest BCUT2D eigenvalue weighted by molar-refractivity contribution is 8.11. The second kappa shape index (κ2) is 4.21. The molecule has 1 rings (SSSR count). The summed E-state index contributed by atoms with van der Waals surface area (Å²) in [7, 11) is -8.19. The first-order valence-corrected chi connectivity index (χ1v) is 7.23. The van der Waals surface area contributed by atoms with Crippen LogP contribution in [-0.4, -0.2) is 23.1 Å². The molecule has 1 aromatic carbocycles. The van der Waals surface area contributed by atoms with Crippen LogP contribution in [-0.2, 0) is 20.0 Å². The van der Waals surface area contributed by atoms with Gasteiger partial charge in [-0.15, -0.1) is 0 Å². The first-order valence-electron chi connectivity index (χ1n) is 3.94. The van der Waals surface area contributed by atoms with E-state index in [-0.39, 0.29) is 10.5 Å². The van der Waals surface area contributed by atoms with E-state index < -0.39 is 20.0 Å². The summed E-state index contributed by atoms with van der Waals surface area (Å²) in [5.41, 5.74) is 0.276. The molecular formula is C8H7N2O4S2-. The van der Waals surface area contributed by atoms with Crippen molar-refractivity contribution in [2.24, 2.45) is 0 Å². The number of rotatable bonds is 3. The van der Waals surface area contributed by atoms with Crippen molar-refractivity contribution in [3.63, 3.8) is 0 Å². The molecule has 0 unspecified atom stereocenters. The third-order valence-electron chi connectivity index (χ3n) is 1.51. The Morgan fingerprint density at radius 2 is 1.62 bits per heavy atom. The van der Waals surface area contributed by atoms with E-state index in [0.717, 1.165) is 12.1 Å². The van der Waals surface area contributed by atoms with Crippen LogP contribution in [0.2, 0.25) is 0 Å². The van der Waals surface area contributed by atoms with Crippen LogP contribution >= 0.6 is 0 Å². The summed E-state index contributed by atoms with van der Waals surface area (Å²) in [6.45, 7) is 0. The van der Waals surface area contributed by atoms with Gasteiger partial charge in [0.05, 0.1) is 21.7 Å². The molecule has 0 atom stereocenters. The Balaban J connectivity index is 3.15. The normalized spacial score (nSPS) is 12.0. The molecule has 0 bridgehead atoms. The Morgan fingerprint density at radius 3 is 2.00 bits per heavy atom. The lowest BCUT2D eigenvalue weighted by Crippen LogP contribution is -2.05. The van der Waals surface area contributed by atoms with Gasteiger partial charge >= 0.3 is 0 Å². The van der Waals surface area contributed by atoms with E-state index in [9.17, 15) is 16.8 Å². The maximum Gasteiger partial charge on any atom is 0.112 e. The van der Waals surface area contributed by atoms with E-state index in [2.05, 4.69) is 4.13 Å². The molecule has 0 aromatic heterocycles. The van der Waals surface area contributed by atoms with Gasteiger partial charge in [0.2, 0.25) is 0 Å². The van der Waals surface area contributed by atoms with Gasteiger partial charge in [-0.1, -0.05) is 0 Å². The summed E-state index contributed by atoms with van der Waals surface area (Å²) in [6.07, 6.45) is 0.689. The highest BCUT2D eigenvalue weighted by Gasteiger charge is 2.07. The summed E-state index contributed by atoms with van der Waals surface area (Å²) >= 11 is 0. The van der Waals surface area contributed by atoms with E-state index in [1.54, 1.807) is 0 Å². The molecule has 0 radical (unpaired) electrons. The molecule has 0 fully saturated rings. The van der Waals surface area contributed by atoms with Gasteiger partial charge in [-0.3, -0.25) is 0 Å². The van der Waals surface area contributed by atoms with Gasteiger partial charge in [0.15, 0.2) is 0 Å². The molecule has 0 aliphatic heterocycles. The second-order valence-electron chi connectivity index (χ2n) is 2.92. The van der Waals surface area contributed by atoms with Crippen molar-refractivity contribution in [2.45, 2.75) is 4.90 Å². The molecule has 0 aliphatic rings. The van der Waals surface area contributed by atoms with E-state index in [4.69, 9.17) is 5.26 Å². The van der Waals surface area contributed by atoms with E-state index in [1.807, 2.05) is 6.07 Å². The zero-order valence-electron chi connectivity index (χ0n) is 8.15. The Hall–Kier alpha value is -1.43. The monoisotopic (exact) mass is 259 g/mol. The largest absolute Gasteiger partial charge is 0.432 e. The van der Waals surface area contributed by atoms with Crippen LogP contribution in [0.1, 0.15) is 5.56 Å². The molecule has 0 saturated heterocycles. The minimum absolute atomic E-state index is 0.267. The maximum absolute atomic E-state index is 11.4. The van der Waals surface area contributed by atoms with Gasteiger partial charge < -0.3 is 4.13 Å². The van der Waals surface area contributed by atoms with Gasteiger partial charge in [-0.2, -0.15) is 5.26 Å². The van der Waals surface area contributed by atoms with Gasteiger partial charge in [0.25, 0.3) is 0 Å². The Labute approximate surface area is 93.6 Å². The minimum atomic E-state index is -4.22. The topological polar surface area (TPSA) is 106 Å². The van der Waals surface area contributed by atoms with E-state index in [1.165, 1.54) is 12.1 Å². The van der Waals surface area contributed by atoms with E-state index in [0.29, 0.717) is 6.26 Å². The molecular weight excluding hydrogens is 252 g/mol. The summed E-state index contributed by atoms with van der Waals surface area (Å²) in [6, 6.07) is 6.60. The van der Waals surface area contributed by atoms with Crippen LogP contribution in [0.3, 0.4) is 0 Å². The standard InChI is InChI=1S/C8H7N2O4S2/c1-15(11,12)10-16(13,14)8-4-2-7(6-9)3-5-8/h2-5H,1H3/q-1. The van der Waals surface area contributed by atoms with Crippen LogP contribution in [0.15, 0.2) is 29.2 Å². The molecule has 0 spiro atoms. The lowest BCUT2D eigenvalue weighted by atomic mass is 10.2. The zero-order valence-corrected chi connectivity index (χ0v) is 9.79. The molecule has 86 valence electrons. The molecule has 0 aliphatic carbocycles. The molecule has 0 N–H and O–H groups in total. The van der Waals surface area contributed by atoms with Gasteiger partial charge in [0, 0.05) is 11.2 Å². The van der Waals surface area contributed by atoms with Crippen molar-refractivity contribution in [1.82, 2.24) is 0 Å². The fourth-order valence-electron chi connectivity index (χ4n) is 0.923. The molecule has 0 amide bonds. The number of hydrogen-bond acceptors (Lipinski definition) is 5. The molecule has 1 aromatic rings. The van der Waals surface area contributed by atoms with Gasteiger partial charge in [-0.25, -0.2) is 16.8 Å². The van der Waals surface area contributed by atoms with Crippen molar-refractivity contribution < 1.29 is 16.8 Å². The molecule has 0 heterocycles. The highest BCUT2D eigenvalue weighted by atomic mass is 32.3. The quantitative estimate of drug-likeness (QED) is 0.789. The summed E-state index contributed by atoms with van der Waals surface area (Å²) in [4.78, 5) is -0.267. The van der Waals surface area contributed by atoms with Crippen LogP contribution < -0.4 is 0 Å². The fourth-order valence-corrected chi connectivity index (χ4v) is 3.17. The lowest BCUT2D eigenvalue weighted by Gasteiger charge is -2.17. The summed E-state index contributed by atoms with van der Waals surface area (Å²) in [5, 5.41) is 8.50. The van der Waals surface area contributed by atoms with Gasteiger partial charge in [-0.05, 0) is 24.3 Å². The van der Waals surface area contributed by atoms with Crippen LogP contribution in [0.5, 0.6) is 0 Å². The minimum Gasteiger partial charge on any atom is -0.432 e. The second-order valence-corrected chi connectivity index (χ2v) is 6.40. The number of nitriles is 1. The molecule has 6 nitrogen and oxygen atoms in total. The predicted molar refractivity (Wildman–Crippen MR) is 56.5 cm³/mol. The average Bonchev–Trinajstić information content (AvgIpc) is 2.14. The van der Waals surface area contributed by atoms with Crippen molar-refractivity contribution >= 4 is 20.0 Å². The number of nitrogens with zero attached hydrogens (tertiary/aromatic N) is 2. The Bertz CT molecular complexity index is 624. The van der Waals surface area contributed by atoms with Crippen molar-refractivity contribution in [3.05, 3.63) is 34.0 Å². The third kappa shape index (κ3) is 3.30. The zero-order chi connectivity index (χ0) is 12.4. The number of sulfonamides is 2. The van der Waals surface area contributed by atoms with E-state index >= 15 is 0 Å². The highest BCUT2D eigenvalue weighted by Crippen LogP contribution is 2.19. The average molecular weight is 259 g/mol. The van der Waals surface area contributed by atoms with Crippen molar-refractivity contribution in [2.75, 3.05) is 6.26 Å². The Kier molecular flexibility index (Phi) is 3.32. The molecule has 0 saturated carbocycles. The number of benzene rings is 1. The molecule has 8 heteroatoms. The number of hydrogen-bond donors (Lipinski definition) is 0. The van der Waals surface area contributed by atoms with Crippen LogP contribution in [0.25, 0.3) is 4.13 Å². The predicted octanol–water partition coefficient (Wildman–Crippen LogP) is 0.580. The smallest absolute Gasteiger partial charge is 0.112 e. The van der Waals surface area contributed by atoms with Gasteiger partial charge in [0.1, 0.15) is 10.0 Å². The van der Waals surface area contributed by atoms with Crippen LogP contribution in [0, 0.1) is 11.3 Å². The van der Waals surface area contributed by atoms with Crippen molar-refractivity contribution in [1.29, 1.82) is 5.26 Å². The fraction of sp³-hybridized carbons (Fsp3) is 0.125. The summed E-state index contributed by atoms with van der Waals surface area (Å²) < 4.78 is 47.1.